The van der Waals surface area contributed by atoms with E-state index in [1.54, 1.807) is 12.1 Å². The van der Waals surface area contributed by atoms with Crippen molar-refractivity contribution in [2.45, 2.75) is 18.7 Å². The monoisotopic (exact) mass is 311 g/mol. The Kier molecular flexibility index (Phi) is 3.92. The SMILES string of the molecule is Cc1ccc(S(=O)(=O)Nc2c(O)cccc2Cl)cc1C. The van der Waals surface area contributed by atoms with Gasteiger partial charge in [0.15, 0.2) is 0 Å². The van der Waals surface area contributed by atoms with Crippen molar-refractivity contribution < 1.29 is 13.5 Å². The number of para-hydroxylation sites is 1. The van der Waals surface area contributed by atoms with E-state index in [1.165, 1.54) is 24.3 Å². The number of hydrogen-bond acceptors (Lipinski definition) is 3. The van der Waals surface area contributed by atoms with Crippen LogP contribution in [0.5, 0.6) is 5.75 Å². The second kappa shape index (κ2) is 5.34. The van der Waals surface area contributed by atoms with Gasteiger partial charge in [0.1, 0.15) is 11.4 Å². The third-order valence-electron chi connectivity index (χ3n) is 3.02. The molecule has 0 fully saturated rings. The second-order valence-electron chi connectivity index (χ2n) is 4.49. The van der Waals surface area contributed by atoms with Gasteiger partial charge >= 0.3 is 0 Å². The summed E-state index contributed by atoms with van der Waals surface area (Å²) < 4.78 is 26.9. The van der Waals surface area contributed by atoms with E-state index in [-0.39, 0.29) is 21.4 Å². The zero-order valence-corrected chi connectivity index (χ0v) is 12.6. The van der Waals surface area contributed by atoms with Crippen molar-refractivity contribution in [3.63, 3.8) is 0 Å². The third-order valence-corrected chi connectivity index (χ3v) is 4.68. The van der Waals surface area contributed by atoms with Gasteiger partial charge < -0.3 is 5.11 Å². The smallest absolute Gasteiger partial charge is 0.262 e. The number of anilines is 1. The van der Waals surface area contributed by atoms with Gasteiger partial charge in [-0.05, 0) is 49.2 Å². The highest BCUT2D eigenvalue weighted by atomic mass is 35.5. The van der Waals surface area contributed by atoms with Crippen LogP contribution in [-0.4, -0.2) is 13.5 Å². The van der Waals surface area contributed by atoms with E-state index in [0.29, 0.717) is 0 Å². The van der Waals surface area contributed by atoms with Crippen molar-refractivity contribution in [1.29, 1.82) is 0 Å². The lowest BCUT2D eigenvalue weighted by Crippen LogP contribution is -2.13. The molecule has 106 valence electrons. The van der Waals surface area contributed by atoms with Gasteiger partial charge in [-0.1, -0.05) is 23.7 Å². The highest BCUT2D eigenvalue weighted by molar-refractivity contribution is 7.92. The molecule has 0 bridgehead atoms. The summed E-state index contributed by atoms with van der Waals surface area (Å²) in [5.74, 6) is -0.218. The Morgan fingerprint density at radius 1 is 1.10 bits per heavy atom. The molecule has 0 aliphatic rings. The molecule has 0 aliphatic carbocycles. The first kappa shape index (κ1) is 14.7. The molecule has 0 unspecified atom stereocenters. The number of hydrogen-bond donors (Lipinski definition) is 2. The highest BCUT2D eigenvalue weighted by Crippen LogP contribution is 2.33. The van der Waals surface area contributed by atoms with Crippen molar-refractivity contribution in [1.82, 2.24) is 0 Å². The van der Waals surface area contributed by atoms with E-state index in [9.17, 15) is 13.5 Å². The Balaban J connectivity index is 2.43. The zero-order valence-electron chi connectivity index (χ0n) is 11.0. The van der Waals surface area contributed by atoms with Gasteiger partial charge in [0, 0.05) is 0 Å². The number of phenols is 1. The summed E-state index contributed by atoms with van der Waals surface area (Å²) in [4.78, 5) is 0.125. The van der Waals surface area contributed by atoms with E-state index >= 15 is 0 Å². The van der Waals surface area contributed by atoms with E-state index in [4.69, 9.17) is 11.6 Å². The van der Waals surface area contributed by atoms with Crippen LogP contribution < -0.4 is 4.72 Å². The number of phenolic OH excluding ortho intramolecular Hbond substituents is 1. The molecule has 0 radical (unpaired) electrons. The maximum atomic E-state index is 12.3. The molecule has 2 aromatic rings. The molecule has 0 amide bonds. The van der Waals surface area contributed by atoms with Gasteiger partial charge in [-0.15, -0.1) is 0 Å². The van der Waals surface area contributed by atoms with Crippen molar-refractivity contribution in [3.05, 3.63) is 52.5 Å². The number of aryl methyl sites for hydroxylation is 2. The summed E-state index contributed by atoms with van der Waals surface area (Å²) >= 11 is 5.89. The van der Waals surface area contributed by atoms with Crippen LogP contribution in [0.2, 0.25) is 5.02 Å². The van der Waals surface area contributed by atoms with E-state index in [0.717, 1.165) is 11.1 Å². The van der Waals surface area contributed by atoms with Crippen molar-refractivity contribution in [3.8, 4) is 5.75 Å². The molecule has 0 aliphatic heterocycles. The summed E-state index contributed by atoms with van der Waals surface area (Å²) in [6, 6.07) is 9.22. The predicted molar refractivity (Wildman–Crippen MR) is 79.8 cm³/mol. The molecule has 2 aromatic carbocycles. The van der Waals surface area contributed by atoms with Crippen LogP contribution in [0.15, 0.2) is 41.3 Å². The summed E-state index contributed by atoms with van der Waals surface area (Å²) in [7, 11) is -3.79. The van der Waals surface area contributed by atoms with Crippen LogP contribution in [0.3, 0.4) is 0 Å². The Bertz CT molecular complexity index is 737. The minimum absolute atomic E-state index is 0.0209. The average molecular weight is 312 g/mol. The maximum absolute atomic E-state index is 12.3. The molecule has 6 heteroatoms. The van der Waals surface area contributed by atoms with Crippen molar-refractivity contribution in [2.75, 3.05) is 4.72 Å². The molecular formula is C14H14ClNO3S. The summed E-state index contributed by atoms with van der Waals surface area (Å²) in [5, 5.41) is 9.83. The number of benzene rings is 2. The fraction of sp³-hybridized carbons (Fsp3) is 0.143. The van der Waals surface area contributed by atoms with E-state index < -0.39 is 10.0 Å². The Morgan fingerprint density at radius 2 is 1.80 bits per heavy atom. The number of nitrogens with one attached hydrogen (secondary N) is 1. The van der Waals surface area contributed by atoms with Gasteiger partial charge in [0.05, 0.1) is 9.92 Å². The van der Waals surface area contributed by atoms with Crippen LogP contribution in [0.25, 0.3) is 0 Å². The largest absolute Gasteiger partial charge is 0.506 e. The molecule has 0 saturated carbocycles. The van der Waals surface area contributed by atoms with Crippen molar-refractivity contribution >= 4 is 27.3 Å². The predicted octanol–water partition coefficient (Wildman–Crippen LogP) is 3.46. The fourth-order valence-corrected chi connectivity index (χ4v) is 3.14. The molecule has 2 rings (SSSR count). The third kappa shape index (κ3) is 2.89. The number of aromatic hydroxyl groups is 1. The first-order chi connectivity index (χ1) is 9.31. The zero-order chi connectivity index (χ0) is 14.9. The van der Waals surface area contributed by atoms with Gasteiger partial charge in [0.2, 0.25) is 0 Å². The van der Waals surface area contributed by atoms with Gasteiger partial charge in [0.25, 0.3) is 10.0 Å². The molecule has 0 aromatic heterocycles. The van der Waals surface area contributed by atoms with Crippen LogP contribution in [0.1, 0.15) is 11.1 Å². The lowest BCUT2D eigenvalue weighted by Gasteiger charge is -2.12. The molecule has 20 heavy (non-hydrogen) atoms. The maximum Gasteiger partial charge on any atom is 0.262 e. The van der Waals surface area contributed by atoms with Crippen LogP contribution in [-0.2, 0) is 10.0 Å². The van der Waals surface area contributed by atoms with Crippen LogP contribution >= 0.6 is 11.6 Å². The molecule has 4 nitrogen and oxygen atoms in total. The standard InChI is InChI=1S/C14H14ClNO3S/c1-9-6-7-11(8-10(9)2)20(18,19)16-14-12(15)4-3-5-13(14)17/h3-8,16-17H,1-2H3. The first-order valence-electron chi connectivity index (χ1n) is 5.89. The van der Waals surface area contributed by atoms with Crippen molar-refractivity contribution in [2.24, 2.45) is 0 Å². The Hall–Kier alpha value is -1.72. The molecule has 0 saturated heterocycles. The minimum Gasteiger partial charge on any atom is -0.506 e. The molecular weight excluding hydrogens is 298 g/mol. The molecule has 0 heterocycles. The van der Waals surface area contributed by atoms with Gasteiger partial charge in [-0.2, -0.15) is 0 Å². The summed E-state index contributed by atoms with van der Waals surface area (Å²) in [5.41, 5.74) is 1.85. The minimum atomic E-state index is -3.79. The number of sulfonamides is 1. The van der Waals surface area contributed by atoms with Crippen LogP contribution in [0, 0.1) is 13.8 Å². The lowest BCUT2D eigenvalue weighted by atomic mass is 10.1. The molecule has 0 spiro atoms. The quantitative estimate of drug-likeness (QED) is 0.853. The molecule has 2 N–H and O–H groups in total. The highest BCUT2D eigenvalue weighted by Gasteiger charge is 2.18. The fourth-order valence-electron chi connectivity index (χ4n) is 1.69. The van der Waals surface area contributed by atoms with Crippen LogP contribution in [0.4, 0.5) is 5.69 Å². The lowest BCUT2D eigenvalue weighted by molar-refractivity contribution is 0.477. The van der Waals surface area contributed by atoms with Gasteiger partial charge in [-0.25, -0.2) is 8.42 Å². The van der Waals surface area contributed by atoms with E-state index in [1.807, 2.05) is 13.8 Å². The Labute approximate surface area is 123 Å². The number of halogens is 1. The first-order valence-corrected chi connectivity index (χ1v) is 7.75. The Morgan fingerprint density at radius 3 is 2.40 bits per heavy atom. The molecule has 0 atom stereocenters. The average Bonchev–Trinajstić information content (AvgIpc) is 2.37. The summed E-state index contributed by atoms with van der Waals surface area (Å²) in [6.45, 7) is 3.74. The topological polar surface area (TPSA) is 66.4 Å². The second-order valence-corrected chi connectivity index (χ2v) is 6.58. The normalized spacial score (nSPS) is 11.3. The van der Waals surface area contributed by atoms with E-state index in [2.05, 4.69) is 4.72 Å². The van der Waals surface area contributed by atoms with Gasteiger partial charge in [-0.3, -0.25) is 4.72 Å². The number of rotatable bonds is 3. The summed E-state index contributed by atoms with van der Waals surface area (Å²) in [6.07, 6.45) is 0.